The molecule has 0 unspecified atom stereocenters. The van der Waals surface area contributed by atoms with Gasteiger partial charge in [0.1, 0.15) is 11.8 Å². The predicted molar refractivity (Wildman–Crippen MR) is 48.9 cm³/mol. The minimum absolute atomic E-state index is 0.469. The van der Waals surface area contributed by atoms with Crippen LogP contribution in [0.15, 0.2) is 24.7 Å². The highest BCUT2D eigenvalue weighted by atomic mass is 15.3. The summed E-state index contributed by atoms with van der Waals surface area (Å²) >= 11 is 0. The Morgan fingerprint density at radius 2 is 2.07 bits per heavy atom. The fraction of sp³-hybridized carbons (Fsp3) is 0.111. The van der Waals surface area contributed by atoms with Gasteiger partial charge >= 0.3 is 0 Å². The number of aromatic nitrogens is 4. The summed E-state index contributed by atoms with van der Waals surface area (Å²) in [5, 5.41) is 12.9. The lowest BCUT2D eigenvalue weighted by atomic mass is 10.2. The third-order valence-corrected chi connectivity index (χ3v) is 1.85. The van der Waals surface area contributed by atoms with Gasteiger partial charge in [-0.25, -0.2) is 9.97 Å². The fourth-order valence-corrected chi connectivity index (χ4v) is 1.17. The summed E-state index contributed by atoms with van der Waals surface area (Å²) in [6.45, 7) is 0. The van der Waals surface area contributed by atoms with Crippen molar-refractivity contribution in [2.75, 3.05) is 0 Å². The van der Waals surface area contributed by atoms with Crippen LogP contribution in [-0.4, -0.2) is 19.7 Å². The van der Waals surface area contributed by atoms with Gasteiger partial charge in [-0.2, -0.15) is 10.4 Å². The highest BCUT2D eigenvalue weighted by molar-refractivity contribution is 5.60. The predicted octanol–water partition coefficient (Wildman–Crippen LogP) is 0.749. The fourth-order valence-electron chi connectivity index (χ4n) is 1.17. The second-order valence-electron chi connectivity index (χ2n) is 2.71. The molecule has 0 saturated heterocycles. The molecule has 0 aliphatic rings. The van der Waals surface area contributed by atoms with E-state index in [0.29, 0.717) is 17.1 Å². The van der Waals surface area contributed by atoms with Crippen LogP contribution in [0.25, 0.3) is 11.4 Å². The monoisotopic (exact) mass is 185 g/mol. The van der Waals surface area contributed by atoms with Gasteiger partial charge in [-0.15, -0.1) is 0 Å². The lowest BCUT2D eigenvalue weighted by molar-refractivity contribution is 0.756. The smallest absolute Gasteiger partial charge is 0.163 e. The zero-order chi connectivity index (χ0) is 9.97. The number of nitrogens with zero attached hydrogens (tertiary/aromatic N) is 5. The van der Waals surface area contributed by atoms with Crippen LogP contribution in [0.1, 0.15) is 5.69 Å². The first-order chi connectivity index (χ1) is 6.83. The van der Waals surface area contributed by atoms with E-state index in [1.54, 1.807) is 31.7 Å². The van der Waals surface area contributed by atoms with E-state index in [0.717, 1.165) is 0 Å². The lowest BCUT2D eigenvalue weighted by Crippen LogP contribution is -1.95. The van der Waals surface area contributed by atoms with E-state index in [9.17, 15) is 0 Å². The van der Waals surface area contributed by atoms with Gasteiger partial charge < -0.3 is 0 Å². The van der Waals surface area contributed by atoms with Gasteiger partial charge in [0.25, 0.3) is 0 Å². The van der Waals surface area contributed by atoms with Gasteiger partial charge in [0, 0.05) is 19.4 Å². The molecule has 0 aliphatic heterocycles. The molecule has 0 N–H and O–H groups in total. The van der Waals surface area contributed by atoms with Crippen LogP contribution in [0.3, 0.4) is 0 Å². The second kappa shape index (κ2) is 3.26. The van der Waals surface area contributed by atoms with E-state index in [1.807, 2.05) is 0 Å². The van der Waals surface area contributed by atoms with Gasteiger partial charge in [0.2, 0.25) is 0 Å². The van der Waals surface area contributed by atoms with Crippen LogP contribution in [0, 0.1) is 11.3 Å². The summed E-state index contributed by atoms with van der Waals surface area (Å²) in [6.07, 6.45) is 4.86. The average molecular weight is 185 g/mol. The molecule has 2 aromatic rings. The van der Waals surface area contributed by atoms with Crippen molar-refractivity contribution in [1.82, 2.24) is 19.7 Å². The van der Waals surface area contributed by atoms with Gasteiger partial charge in [-0.3, -0.25) is 4.68 Å². The largest absolute Gasteiger partial charge is 0.257 e. The zero-order valence-electron chi connectivity index (χ0n) is 7.55. The van der Waals surface area contributed by atoms with Gasteiger partial charge in [-0.05, 0) is 6.07 Å². The molecule has 0 radical (unpaired) electrons. The van der Waals surface area contributed by atoms with Crippen LogP contribution >= 0.6 is 0 Å². The maximum atomic E-state index is 8.88. The molecule has 68 valence electrons. The molecule has 14 heavy (non-hydrogen) atoms. The first kappa shape index (κ1) is 8.38. The third-order valence-electron chi connectivity index (χ3n) is 1.85. The summed E-state index contributed by atoms with van der Waals surface area (Å²) in [4.78, 5) is 8.11. The van der Waals surface area contributed by atoms with E-state index in [2.05, 4.69) is 21.1 Å². The molecule has 0 bridgehead atoms. The maximum Gasteiger partial charge on any atom is 0.163 e. The van der Waals surface area contributed by atoms with E-state index < -0.39 is 0 Å². The highest BCUT2D eigenvalue weighted by Crippen LogP contribution is 2.17. The molecule has 5 nitrogen and oxygen atoms in total. The minimum Gasteiger partial charge on any atom is -0.257 e. The SMILES string of the molecule is Cn1ncc(-c2ncccn2)c1C#N. The minimum atomic E-state index is 0.469. The van der Waals surface area contributed by atoms with Crippen molar-refractivity contribution in [3.63, 3.8) is 0 Å². The Balaban J connectivity index is 2.59. The molecule has 0 atom stereocenters. The maximum absolute atomic E-state index is 8.88. The zero-order valence-corrected chi connectivity index (χ0v) is 7.55. The number of hydrogen-bond acceptors (Lipinski definition) is 4. The number of rotatable bonds is 1. The Labute approximate surface area is 80.7 Å². The quantitative estimate of drug-likeness (QED) is 0.657. The van der Waals surface area contributed by atoms with Crippen molar-refractivity contribution in [3.05, 3.63) is 30.4 Å². The van der Waals surface area contributed by atoms with Crippen molar-refractivity contribution < 1.29 is 0 Å². The Morgan fingerprint density at radius 1 is 1.36 bits per heavy atom. The molecule has 0 amide bonds. The van der Waals surface area contributed by atoms with Crippen molar-refractivity contribution in [1.29, 1.82) is 5.26 Å². The molecule has 2 heterocycles. The van der Waals surface area contributed by atoms with Gasteiger partial charge in [-0.1, -0.05) is 0 Å². The molecule has 5 heteroatoms. The Morgan fingerprint density at radius 3 is 2.71 bits per heavy atom. The summed E-state index contributed by atoms with van der Waals surface area (Å²) < 4.78 is 1.51. The number of aryl methyl sites for hydroxylation is 1. The van der Waals surface area contributed by atoms with E-state index in [4.69, 9.17) is 5.26 Å². The van der Waals surface area contributed by atoms with Crippen LogP contribution < -0.4 is 0 Å². The molecule has 0 aliphatic carbocycles. The topological polar surface area (TPSA) is 67.4 Å². The Bertz CT molecular complexity index is 480. The summed E-state index contributed by atoms with van der Waals surface area (Å²) in [5.41, 5.74) is 1.13. The lowest BCUT2D eigenvalue weighted by Gasteiger charge is -1.95. The van der Waals surface area contributed by atoms with Crippen LogP contribution in [0.4, 0.5) is 0 Å². The summed E-state index contributed by atoms with van der Waals surface area (Å²) in [5.74, 6) is 0.525. The molecule has 2 rings (SSSR count). The first-order valence-electron chi connectivity index (χ1n) is 4.02. The summed E-state index contributed by atoms with van der Waals surface area (Å²) in [6, 6.07) is 3.79. The van der Waals surface area contributed by atoms with E-state index in [1.165, 1.54) is 4.68 Å². The Hall–Kier alpha value is -2.22. The average Bonchev–Trinajstić information content (AvgIpc) is 2.61. The number of nitriles is 1. The molecule has 2 aromatic heterocycles. The second-order valence-corrected chi connectivity index (χ2v) is 2.71. The van der Waals surface area contributed by atoms with Crippen molar-refractivity contribution >= 4 is 0 Å². The van der Waals surface area contributed by atoms with E-state index >= 15 is 0 Å². The van der Waals surface area contributed by atoms with Crippen LogP contribution in [-0.2, 0) is 7.05 Å². The van der Waals surface area contributed by atoms with Crippen molar-refractivity contribution in [3.8, 4) is 17.5 Å². The molecule has 0 saturated carbocycles. The number of hydrogen-bond donors (Lipinski definition) is 0. The van der Waals surface area contributed by atoms with Crippen molar-refractivity contribution in [2.45, 2.75) is 0 Å². The van der Waals surface area contributed by atoms with Gasteiger partial charge in [0.05, 0.1) is 11.8 Å². The van der Waals surface area contributed by atoms with Gasteiger partial charge in [0.15, 0.2) is 5.82 Å². The highest BCUT2D eigenvalue weighted by Gasteiger charge is 2.11. The summed E-state index contributed by atoms with van der Waals surface area (Å²) in [7, 11) is 1.71. The molecule has 0 spiro atoms. The normalized spacial score (nSPS) is 9.71. The molecular formula is C9H7N5. The Kier molecular flexibility index (Phi) is 1.95. The standard InChI is InChI=1S/C9H7N5/c1-14-8(5-10)7(6-13-14)9-11-3-2-4-12-9/h2-4,6H,1H3. The third kappa shape index (κ3) is 1.23. The molecule has 0 aromatic carbocycles. The first-order valence-corrected chi connectivity index (χ1v) is 4.02. The van der Waals surface area contributed by atoms with E-state index in [-0.39, 0.29) is 0 Å². The molecule has 0 fully saturated rings. The van der Waals surface area contributed by atoms with Crippen LogP contribution in [0.5, 0.6) is 0 Å². The van der Waals surface area contributed by atoms with Crippen LogP contribution in [0.2, 0.25) is 0 Å². The van der Waals surface area contributed by atoms with Crippen molar-refractivity contribution in [2.24, 2.45) is 7.05 Å². The molecular weight excluding hydrogens is 178 g/mol.